The summed E-state index contributed by atoms with van der Waals surface area (Å²) in [6.45, 7) is 0.839. The van der Waals surface area contributed by atoms with E-state index in [1.807, 2.05) is 0 Å². The number of hydrogen-bond acceptors (Lipinski definition) is 8. The maximum absolute atomic E-state index is 14.4. The number of hydrogen-bond donors (Lipinski definition) is 2. The Labute approximate surface area is 169 Å². The number of rotatable bonds is 5. The van der Waals surface area contributed by atoms with Crippen molar-refractivity contribution in [2.45, 2.75) is 18.9 Å². The molecule has 1 atom stereocenters. The number of aryl methyl sites for hydroxylation is 1. The van der Waals surface area contributed by atoms with Gasteiger partial charge in [0.1, 0.15) is 24.0 Å². The van der Waals surface area contributed by atoms with Crippen LogP contribution in [0.25, 0.3) is 0 Å². The van der Waals surface area contributed by atoms with Gasteiger partial charge in [0.15, 0.2) is 5.54 Å². The second-order valence-electron chi connectivity index (χ2n) is 6.33. The SMILES string of the molecule is COc1cnc(OC(=O)Nc2ccc(F)c([C@]3(C(F)F)COCC(N)=N3)c2)c(C)n1. The summed E-state index contributed by atoms with van der Waals surface area (Å²) < 4.78 is 57.2. The van der Waals surface area contributed by atoms with Crippen LogP contribution in [0.5, 0.6) is 11.8 Å². The Hall–Kier alpha value is -3.41. The van der Waals surface area contributed by atoms with Crippen LogP contribution in [-0.4, -0.2) is 48.6 Å². The van der Waals surface area contributed by atoms with Crippen molar-refractivity contribution in [2.24, 2.45) is 10.7 Å². The number of carbonyl (C=O) groups excluding carboxylic acids is 1. The van der Waals surface area contributed by atoms with Crippen molar-refractivity contribution in [3.8, 4) is 11.8 Å². The second kappa shape index (κ2) is 8.53. The summed E-state index contributed by atoms with van der Waals surface area (Å²) in [5.41, 5.74) is 3.01. The molecule has 1 aromatic heterocycles. The maximum Gasteiger partial charge on any atom is 0.418 e. The number of carbonyl (C=O) groups is 1. The molecule has 30 heavy (non-hydrogen) atoms. The van der Waals surface area contributed by atoms with Crippen molar-refractivity contribution >= 4 is 17.6 Å². The maximum atomic E-state index is 14.4. The number of nitrogens with zero attached hydrogens (tertiary/aromatic N) is 3. The lowest BCUT2D eigenvalue weighted by atomic mass is 9.90. The molecule has 0 radical (unpaired) electrons. The van der Waals surface area contributed by atoms with Crippen LogP contribution in [0.15, 0.2) is 29.4 Å². The van der Waals surface area contributed by atoms with Crippen molar-refractivity contribution in [1.29, 1.82) is 0 Å². The number of alkyl halides is 2. The van der Waals surface area contributed by atoms with Crippen molar-refractivity contribution in [3.05, 3.63) is 41.5 Å². The number of ether oxygens (including phenoxy) is 3. The number of methoxy groups -OCH3 is 1. The van der Waals surface area contributed by atoms with Gasteiger partial charge in [-0.1, -0.05) is 0 Å². The van der Waals surface area contributed by atoms with E-state index in [1.54, 1.807) is 6.92 Å². The van der Waals surface area contributed by atoms with E-state index in [-0.39, 0.29) is 35.6 Å². The summed E-state index contributed by atoms with van der Waals surface area (Å²) in [4.78, 5) is 23.9. The fourth-order valence-corrected chi connectivity index (χ4v) is 2.81. The average molecular weight is 425 g/mol. The molecule has 2 aromatic rings. The lowest BCUT2D eigenvalue weighted by molar-refractivity contribution is -0.0145. The van der Waals surface area contributed by atoms with Gasteiger partial charge in [0.25, 0.3) is 6.43 Å². The molecule has 0 bridgehead atoms. The number of amides is 1. The van der Waals surface area contributed by atoms with Gasteiger partial charge in [-0.25, -0.2) is 27.9 Å². The Morgan fingerprint density at radius 2 is 2.17 bits per heavy atom. The van der Waals surface area contributed by atoms with Crippen LogP contribution in [0.1, 0.15) is 11.3 Å². The summed E-state index contributed by atoms with van der Waals surface area (Å²) >= 11 is 0. The van der Waals surface area contributed by atoms with Crippen molar-refractivity contribution < 1.29 is 32.2 Å². The van der Waals surface area contributed by atoms with Crippen LogP contribution in [0.3, 0.4) is 0 Å². The first-order valence-corrected chi connectivity index (χ1v) is 8.61. The van der Waals surface area contributed by atoms with Gasteiger partial charge >= 0.3 is 6.09 Å². The van der Waals surface area contributed by atoms with Crippen molar-refractivity contribution in [3.63, 3.8) is 0 Å². The first-order valence-electron chi connectivity index (χ1n) is 8.61. The van der Waals surface area contributed by atoms with Gasteiger partial charge in [0.2, 0.25) is 11.8 Å². The van der Waals surface area contributed by atoms with E-state index in [0.717, 1.165) is 12.1 Å². The normalized spacial score (nSPS) is 18.7. The van der Waals surface area contributed by atoms with Crippen LogP contribution in [0.2, 0.25) is 0 Å². The highest BCUT2D eigenvalue weighted by molar-refractivity contribution is 5.86. The summed E-state index contributed by atoms with van der Waals surface area (Å²) in [5.74, 6) is -0.992. The molecule has 1 aromatic carbocycles. The largest absolute Gasteiger partial charge is 0.480 e. The number of amidine groups is 1. The number of aromatic nitrogens is 2. The van der Waals surface area contributed by atoms with E-state index in [4.69, 9.17) is 19.9 Å². The smallest absolute Gasteiger partial charge is 0.418 e. The number of nitrogens with two attached hydrogens (primary N) is 1. The number of nitrogens with one attached hydrogen (secondary N) is 1. The zero-order chi connectivity index (χ0) is 21.9. The summed E-state index contributed by atoms with van der Waals surface area (Å²) in [6.07, 6.45) is -2.84. The Kier molecular flexibility index (Phi) is 6.06. The van der Waals surface area contributed by atoms with E-state index in [0.29, 0.717) is 0 Å². The standard InChI is InChI=1S/C18H18F3N5O4/c1-9-15(23-6-14(24-9)28-2)30-17(27)25-10-3-4-12(19)11(5-10)18(16(20)21)8-29-7-13(22)26-18/h3-6,16H,7-8H2,1-2H3,(H2,22,26)(H,25,27)/t18-/m0/s1. The number of anilines is 1. The first-order chi connectivity index (χ1) is 14.2. The van der Waals surface area contributed by atoms with Crippen LogP contribution >= 0.6 is 0 Å². The third-order valence-corrected chi connectivity index (χ3v) is 4.23. The predicted molar refractivity (Wildman–Crippen MR) is 99.5 cm³/mol. The van der Waals surface area contributed by atoms with E-state index in [9.17, 15) is 18.0 Å². The molecule has 9 nitrogen and oxygen atoms in total. The minimum atomic E-state index is -3.11. The van der Waals surface area contributed by atoms with Gasteiger partial charge in [-0.2, -0.15) is 0 Å². The third kappa shape index (κ3) is 4.27. The summed E-state index contributed by atoms with van der Waals surface area (Å²) in [7, 11) is 1.41. The molecule has 0 fully saturated rings. The molecule has 0 saturated carbocycles. The quantitative estimate of drug-likeness (QED) is 0.755. The van der Waals surface area contributed by atoms with Gasteiger partial charge in [-0.15, -0.1) is 0 Å². The van der Waals surface area contributed by atoms with Crippen molar-refractivity contribution in [2.75, 3.05) is 25.6 Å². The molecule has 3 rings (SSSR count). The minimum Gasteiger partial charge on any atom is -0.480 e. The Balaban J connectivity index is 1.85. The molecular weight excluding hydrogens is 407 g/mol. The fourth-order valence-electron chi connectivity index (χ4n) is 2.81. The Bertz CT molecular complexity index is 988. The number of benzene rings is 1. The topological polar surface area (TPSA) is 121 Å². The number of aliphatic imine (C=N–C) groups is 1. The fraction of sp³-hybridized carbons (Fsp3) is 0.333. The van der Waals surface area contributed by atoms with E-state index in [1.165, 1.54) is 19.4 Å². The summed E-state index contributed by atoms with van der Waals surface area (Å²) in [6, 6.07) is 3.14. The molecule has 1 aliphatic rings. The monoisotopic (exact) mass is 425 g/mol. The molecule has 2 heterocycles. The molecule has 0 spiro atoms. The summed E-state index contributed by atoms with van der Waals surface area (Å²) in [5, 5.41) is 2.33. The highest BCUT2D eigenvalue weighted by Crippen LogP contribution is 2.38. The zero-order valence-corrected chi connectivity index (χ0v) is 16.0. The molecule has 0 saturated heterocycles. The Morgan fingerprint density at radius 1 is 1.40 bits per heavy atom. The lowest BCUT2D eigenvalue weighted by Crippen LogP contribution is -2.45. The molecule has 12 heteroatoms. The average Bonchev–Trinajstić information content (AvgIpc) is 2.70. The molecule has 1 aliphatic heterocycles. The molecule has 0 aliphatic carbocycles. The molecule has 160 valence electrons. The van der Waals surface area contributed by atoms with Gasteiger partial charge in [-0.05, 0) is 25.1 Å². The van der Waals surface area contributed by atoms with Crippen LogP contribution < -0.4 is 20.5 Å². The highest BCUT2D eigenvalue weighted by Gasteiger charge is 2.46. The molecule has 1 amide bonds. The van der Waals surface area contributed by atoms with Crippen LogP contribution in [0, 0.1) is 12.7 Å². The third-order valence-electron chi connectivity index (χ3n) is 4.23. The second-order valence-corrected chi connectivity index (χ2v) is 6.33. The van der Waals surface area contributed by atoms with Gasteiger partial charge < -0.3 is 19.9 Å². The molecule has 3 N–H and O–H groups in total. The van der Waals surface area contributed by atoms with Crippen LogP contribution in [-0.2, 0) is 10.3 Å². The van der Waals surface area contributed by atoms with E-state index < -0.39 is 36.0 Å². The number of halogens is 3. The van der Waals surface area contributed by atoms with Crippen molar-refractivity contribution in [1.82, 2.24) is 9.97 Å². The zero-order valence-electron chi connectivity index (χ0n) is 16.0. The Morgan fingerprint density at radius 3 is 2.80 bits per heavy atom. The van der Waals surface area contributed by atoms with Crippen LogP contribution in [0.4, 0.5) is 23.7 Å². The first kappa shape index (κ1) is 21.3. The molecule has 0 unspecified atom stereocenters. The highest BCUT2D eigenvalue weighted by atomic mass is 19.3. The van der Waals surface area contributed by atoms with E-state index >= 15 is 0 Å². The molecular formula is C18H18F3N5O4. The van der Waals surface area contributed by atoms with Gasteiger partial charge in [0.05, 0.1) is 19.9 Å². The predicted octanol–water partition coefficient (Wildman–Crippen LogP) is 2.39. The van der Waals surface area contributed by atoms with E-state index in [2.05, 4.69) is 20.3 Å². The lowest BCUT2D eigenvalue weighted by Gasteiger charge is -2.33. The minimum absolute atomic E-state index is 0.00473. The van der Waals surface area contributed by atoms with Gasteiger partial charge in [-0.3, -0.25) is 10.3 Å². The van der Waals surface area contributed by atoms with Gasteiger partial charge in [0, 0.05) is 11.3 Å².